The van der Waals surface area contributed by atoms with Crippen molar-refractivity contribution in [3.63, 3.8) is 0 Å². The van der Waals surface area contributed by atoms with Crippen molar-refractivity contribution >= 4 is 126 Å². The van der Waals surface area contributed by atoms with Crippen molar-refractivity contribution in [1.82, 2.24) is 0 Å². The van der Waals surface area contributed by atoms with Crippen LogP contribution in [0, 0.1) is 0 Å². The minimum absolute atomic E-state index is 0. The van der Waals surface area contributed by atoms with Crippen molar-refractivity contribution in [2.75, 3.05) is 11.5 Å². The SMILES string of the molecule is Nc1ccc(N=Nc2ccc(CCc3ccc(N=Nc4ccc(N)c5cc(S(=O)(=O)O)ccc45)cc3S(=O)(=O)O)c(S(=O)(=O)O)c2)c2ccc(S(=O)(=O)O)cc12.[Na]. The predicted molar refractivity (Wildman–Crippen MR) is 210 cm³/mol. The van der Waals surface area contributed by atoms with Gasteiger partial charge in [-0.2, -0.15) is 43.9 Å². The summed E-state index contributed by atoms with van der Waals surface area (Å²) >= 11 is 0. The number of fused-ring (bicyclic) bond motifs is 2. The number of aryl methyl sites for hydroxylation is 2. The summed E-state index contributed by atoms with van der Waals surface area (Å²) in [5.74, 6) is 0. The number of hydrogen-bond acceptors (Lipinski definition) is 14. The summed E-state index contributed by atoms with van der Waals surface area (Å²) in [6.07, 6.45) is -0.283. The maximum atomic E-state index is 12.4. The molecule has 23 heteroatoms. The molecule has 57 heavy (non-hydrogen) atoms. The monoisotopic (exact) mass is 863 g/mol. The molecule has 0 spiro atoms. The van der Waals surface area contributed by atoms with Crippen LogP contribution < -0.4 is 11.5 Å². The van der Waals surface area contributed by atoms with Crippen molar-refractivity contribution in [2.45, 2.75) is 32.4 Å². The van der Waals surface area contributed by atoms with Crippen LogP contribution in [0.25, 0.3) is 21.5 Å². The Balaban J connectivity index is 0.00000620. The third-order valence-electron chi connectivity index (χ3n) is 8.46. The normalized spacial score (nSPS) is 12.8. The first kappa shape index (κ1) is 43.4. The Morgan fingerprint density at radius 3 is 1.12 bits per heavy atom. The van der Waals surface area contributed by atoms with E-state index in [1.165, 1.54) is 60.7 Å². The van der Waals surface area contributed by atoms with Gasteiger partial charge in [0.25, 0.3) is 40.5 Å². The Morgan fingerprint density at radius 1 is 0.421 bits per heavy atom. The largest absolute Gasteiger partial charge is 0.398 e. The van der Waals surface area contributed by atoms with Gasteiger partial charge in [-0.25, -0.2) is 0 Å². The summed E-state index contributed by atoms with van der Waals surface area (Å²) in [4.78, 5) is -1.88. The molecular formula is C34H28N6NaO12S4. The fourth-order valence-corrected chi connectivity index (χ4v) is 8.32. The molecule has 6 aromatic carbocycles. The van der Waals surface area contributed by atoms with Crippen LogP contribution in [0.3, 0.4) is 0 Å². The summed E-state index contributed by atoms with van der Waals surface area (Å²) in [5.41, 5.74) is 12.9. The Labute approximate surface area is 347 Å². The van der Waals surface area contributed by atoms with E-state index in [9.17, 15) is 51.9 Å². The van der Waals surface area contributed by atoms with Crippen LogP contribution in [0.5, 0.6) is 0 Å². The summed E-state index contributed by atoms with van der Waals surface area (Å²) in [6.45, 7) is 0. The van der Waals surface area contributed by atoms with Gasteiger partial charge in [0.2, 0.25) is 0 Å². The fraction of sp³-hybridized carbons (Fsp3) is 0.0588. The Hall–Kier alpha value is -4.72. The number of anilines is 2. The van der Waals surface area contributed by atoms with Crippen molar-refractivity contribution < 1.29 is 51.9 Å². The third-order valence-corrected chi connectivity index (χ3v) is 12.0. The molecule has 0 aliphatic rings. The molecule has 0 amide bonds. The molecule has 0 aliphatic heterocycles. The smallest absolute Gasteiger partial charge is 0.294 e. The van der Waals surface area contributed by atoms with Gasteiger partial charge in [0.05, 0.1) is 42.3 Å². The molecule has 8 N–H and O–H groups in total. The first-order valence-electron chi connectivity index (χ1n) is 15.7. The number of benzene rings is 6. The number of nitrogens with zero attached hydrogens (tertiary/aromatic N) is 4. The molecule has 6 rings (SSSR count). The predicted octanol–water partition coefficient (Wildman–Crippen LogP) is 6.38. The molecule has 291 valence electrons. The van der Waals surface area contributed by atoms with Crippen LogP contribution >= 0.6 is 0 Å². The molecule has 0 aromatic heterocycles. The number of azo groups is 2. The van der Waals surface area contributed by atoms with E-state index in [0.29, 0.717) is 10.8 Å². The van der Waals surface area contributed by atoms with E-state index in [1.54, 1.807) is 0 Å². The summed E-state index contributed by atoms with van der Waals surface area (Å²) in [6, 6.07) is 20.7. The average Bonchev–Trinajstić information content (AvgIpc) is 3.12. The van der Waals surface area contributed by atoms with Gasteiger partial charge in [0, 0.05) is 62.5 Å². The molecule has 0 atom stereocenters. The summed E-state index contributed by atoms with van der Waals surface area (Å²) in [7, 11) is -18.8. The molecule has 0 aliphatic carbocycles. The minimum Gasteiger partial charge on any atom is -0.398 e. The van der Waals surface area contributed by atoms with Crippen molar-refractivity contribution in [1.29, 1.82) is 0 Å². The fourth-order valence-electron chi connectivity index (χ4n) is 5.76. The molecule has 6 aromatic rings. The van der Waals surface area contributed by atoms with Crippen LogP contribution in [0.4, 0.5) is 34.1 Å². The number of nitrogen functional groups attached to an aromatic ring is 2. The minimum atomic E-state index is -4.85. The van der Waals surface area contributed by atoms with Crippen molar-refractivity contribution in [3.8, 4) is 0 Å². The van der Waals surface area contributed by atoms with Gasteiger partial charge in [-0.15, -0.1) is 10.2 Å². The van der Waals surface area contributed by atoms with Crippen LogP contribution in [0.15, 0.2) is 137 Å². The second kappa shape index (κ2) is 16.3. The quantitative estimate of drug-likeness (QED) is 0.0356. The zero-order chi connectivity index (χ0) is 40.8. The first-order chi connectivity index (χ1) is 26.1. The summed E-state index contributed by atoms with van der Waals surface area (Å²) in [5, 5.41) is 17.6. The van der Waals surface area contributed by atoms with Crippen molar-refractivity contribution in [2.24, 2.45) is 20.5 Å². The van der Waals surface area contributed by atoms with Gasteiger partial charge in [0.1, 0.15) is 0 Å². The van der Waals surface area contributed by atoms with Gasteiger partial charge in [-0.3, -0.25) is 18.2 Å². The van der Waals surface area contributed by atoms with Gasteiger partial charge in [-0.1, -0.05) is 24.3 Å². The molecule has 0 unspecified atom stereocenters. The van der Waals surface area contributed by atoms with Crippen molar-refractivity contribution in [3.05, 3.63) is 108 Å². The van der Waals surface area contributed by atoms with E-state index >= 15 is 0 Å². The van der Waals surface area contributed by atoms with E-state index in [-0.39, 0.29) is 98.4 Å². The molecule has 18 nitrogen and oxygen atoms in total. The van der Waals surface area contributed by atoms with E-state index in [2.05, 4.69) is 20.5 Å². The zero-order valence-corrected chi connectivity index (χ0v) is 34.5. The molecular weight excluding hydrogens is 836 g/mol. The molecule has 0 saturated heterocycles. The summed E-state index contributed by atoms with van der Waals surface area (Å²) < 4.78 is 135. The van der Waals surface area contributed by atoms with E-state index in [0.717, 1.165) is 36.4 Å². The van der Waals surface area contributed by atoms with E-state index in [1.807, 2.05) is 0 Å². The molecule has 0 heterocycles. The third kappa shape index (κ3) is 9.88. The Kier molecular flexibility index (Phi) is 12.4. The van der Waals surface area contributed by atoms with Crippen LogP contribution in [0.1, 0.15) is 11.1 Å². The van der Waals surface area contributed by atoms with Crippen LogP contribution in [0.2, 0.25) is 0 Å². The second-order valence-corrected chi connectivity index (χ2v) is 17.8. The zero-order valence-electron chi connectivity index (χ0n) is 29.3. The van der Waals surface area contributed by atoms with E-state index in [4.69, 9.17) is 11.5 Å². The standard InChI is InChI=1S/C34H28N6O12S4.Na/c35-29-11-13-31(25-9-7-23(17-27(25)29)53(41,42)43)39-37-21-5-3-19(33(15-21)55(47,48)49)1-2-20-4-6-22(16-34(20)56(50,51)52)38-40-32-14-12-30(36)28-18-24(54(44,45)46)8-10-26(28)32;/h3-18H,1-2,35-36H2,(H,41,42,43)(H,44,45,46)(H,47,48,49)(H,50,51,52);. The second-order valence-electron chi connectivity index (χ2n) is 12.1. The average molecular weight is 864 g/mol. The first-order valence-corrected chi connectivity index (χ1v) is 21.5. The topological polar surface area (TPSA) is 319 Å². The van der Waals surface area contributed by atoms with Gasteiger partial charge in [0.15, 0.2) is 0 Å². The van der Waals surface area contributed by atoms with Crippen LogP contribution in [-0.4, -0.2) is 81.4 Å². The molecule has 0 saturated carbocycles. The Bertz CT molecular complexity index is 2920. The number of hydrogen-bond donors (Lipinski definition) is 6. The Morgan fingerprint density at radius 2 is 0.789 bits per heavy atom. The molecule has 0 bridgehead atoms. The van der Waals surface area contributed by atoms with Gasteiger partial charge < -0.3 is 11.5 Å². The molecule has 0 fully saturated rings. The molecule has 1 radical (unpaired) electrons. The van der Waals surface area contributed by atoms with E-state index < -0.39 is 60.1 Å². The van der Waals surface area contributed by atoms with Gasteiger partial charge in [-0.05, 0) is 96.8 Å². The van der Waals surface area contributed by atoms with Crippen LogP contribution in [-0.2, 0) is 53.3 Å². The number of rotatable bonds is 11. The maximum Gasteiger partial charge on any atom is 0.294 e. The van der Waals surface area contributed by atoms with Gasteiger partial charge >= 0.3 is 0 Å². The maximum absolute atomic E-state index is 12.4. The number of nitrogens with two attached hydrogens (primary N) is 2.